The van der Waals surface area contributed by atoms with Crippen LogP contribution in [0.4, 0.5) is 28.4 Å². The predicted molar refractivity (Wildman–Crippen MR) is 289 cm³/mol. The number of anilines is 5. The van der Waals surface area contributed by atoms with E-state index in [1.165, 1.54) is 66.8 Å². The molecule has 0 heterocycles. The molecule has 0 radical (unpaired) electrons. The lowest BCUT2D eigenvalue weighted by Gasteiger charge is -2.33. The van der Waals surface area contributed by atoms with Gasteiger partial charge in [0, 0.05) is 28.4 Å². The van der Waals surface area contributed by atoms with Gasteiger partial charge in [0.1, 0.15) is 0 Å². The molecule has 0 aliphatic heterocycles. The lowest BCUT2D eigenvalue weighted by molar-refractivity contribution is 0.787. The first kappa shape index (κ1) is 41.9. The summed E-state index contributed by atoms with van der Waals surface area (Å²) >= 11 is 0. The highest BCUT2D eigenvalue weighted by Gasteiger charge is 2.22. The third-order valence-corrected chi connectivity index (χ3v) is 13.1. The van der Waals surface area contributed by atoms with E-state index >= 15 is 0 Å². The number of benzene rings is 10. The Morgan fingerprint density at radius 3 is 0.897 bits per heavy atom. The molecular formula is C66H50N2. The van der Waals surface area contributed by atoms with Gasteiger partial charge in [0.2, 0.25) is 0 Å². The maximum Gasteiger partial charge on any atom is 0.0560 e. The summed E-state index contributed by atoms with van der Waals surface area (Å²) in [6, 6.07) is 96.3. The van der Waals surface area contributed by atoms with Gasteiger partial charge < -0.3 is 9.80 Å². The van der Waals surface area contributed by atoms with Crippen LogP contribution in [0.25, 0.3) is 61.2 Å². The second-order valence-corrected chi connectivity index (χ2v) is 17.3. The first-order valence-electron chi connectivity index (χ1n) is 23.5. The Hall–Kier alpha value is -8.72. The summed E-state index contributed by atoms with van der Waals surface area (Å²) in [5, 5.41) is 0. The van der Waals surface area contributed by atoms with E-state index in [0.717, 1.165) is 34.9 Å². The van der Waals surface area contributed by atoms with Crippen molar-refractivity contribution in [2.75, 3.05) is 9.80 Å². The highest BCUT2D eigenvalue weighted by Crippen LogP contribution is 2.41. The van der Waals surface area contributed by atoms with Gasteiger partial charge in [-0.05, 0) is 134 Å². The zero-order chi connectivity index (χ0) is 45.5. The number of hydrogen-bond donors (Lipinski definition) is 0. The molecule has 10 aromatic rings. The molecule has 2 heteroatoms. The Bertz CT molecular complexity index is 3200. The van der Waals surface area contributed by atoms with Crippen LogP contribution in [0, 0.1) is 0 Å². The summed E-state index contributed by atoms with van der Waals surface area (Å²) in [4.78, 5) is 4.83. The molecule has 0 fully saturated rings. The van der Waals surface area contributed by atoms with Gasteiger partial charge in [-0.3, -0.25) is 0 Å². The zero-order valence-electron chi connectivity index (χ0n) is 37.8. The van der Waals surface area contributed by atoms with Crippen LogP contribution in [0.2, 0.25) is 0 Å². The maximum atomic E-state index is 2.48. The van der Waals surface area contributed by atoms with E-state index in [2.05, 4.69) is 295 Å². The van der Waals surface area contributed by atoms with E-state index in [1.807, 2.05) is 0 Å². The third-order valence-electron chi connectivity index (χ3n) is 13.1. The van der Waals surface area contributed by atoms with Crippen LogP contribution in [0.5, 0.6) is 0 Å². The minimum Gasteiger partial charge on any atom is -0.334 e. The van der Waals surface area contributed by atoms with Gasteiger partial charge in [-0.1, -0.05) is 224 Å². The smallest absolute Gasteiger partial charge is 0.0560 e. The Labute approximate surface area is 400 Å². The van der Waals surface area contributed by atoms with Crippen LogP contribution in [-0.4, -0.2) is 6.04 Å². The molecule has 2 nitrogen and oxygen atoms in total. The molecule has 10 aromatic carbocycles. The number of allylic oxidation sites excluding steroid dienone is 2. The molecule has 0 amide bonds. The minimum absolute atomic E-state index is 0.157. The van der Waals surface area contributed by atoms with E-state index in [1.54, 1.807) is 0 Å². The average molecular weight is 871 g/mol. The molecular weight excluding hydrogens is 821 g/mol. The molecule has 0 unspecified atom stereocenters. The van der Waals surface area contributed by atoms with Gasteiger partial charge in [0.15, 0.2) is 0 Å². The summed E-state index contributed by atoms with van der Waals surface area (Å²) in [6.45, 7) is 0. The quantitative estimate of drug-likeness (QED) is 0.121. The molecule has 1 aliphatic carbocycles. The molecule has 0 saturated carbocycles. The predicted octanol–water partition coefficient (Wildman–Crippen LogP) is 18.0. The van der Waals surface area contributed by atoms with Gasteiger partial charge in [-0.15, -0.1) is 0 Å². The fraction of sp³-hybridized carbons (Fsp3) is 0.0303. The van der Waals surface area contributed by atoms with Crippen LogP contribution >= 0.6 is 0 Å². The van der Waals surface area contributed by atoms with E-state index in [9.17, 15) is 0 Å². The SMILES string of the molecule is C1=C[C@H](N(c2ccc(-c3ccccc3)cc2)c2ccc(-c3ccccc3-c3ccc(N(c4ccc(-c5ccccc5)cc4)c4ccc(-c5ccccc5)cc4)cc3)cc2)CC=C1c1ccccc1. The molecule has 0 aromatic heterocycles. The standard InChI is InChI=1S/C66H50N2/c1-5-15-49(16-6-1)53-25-37-59(38-26-53)67(60-39-27-54(28-40-60)50-17-7-2-8-18-50)63-45-33-57(34-46-63)65-23-13-14-24-66(65)58-35-47-64(48-36-58)68(61-41-29-55(30-42-61)51-19-9-3-10-20-51)62-43-31-56(32-44-62)52-21-11-4-12-22-52/h1-43,45-48,62H,44H2/t62-/m0/s1. The normalized spacial score (nSPS) is 13.1. The summed E-state index contributed by atoms with van der Waals surface area (Å²) in [5.41, 5.74) is 20.1. The first-order valence-corrected chi connectivity index (χ1v) is 23.5. The molecule has 0 N–H and O–H groups in total. The molecule has 0 spiro atoms. The molecule has 324 valence electrons. The first-order chi connectivity index (χ1) is 33.7. The average Bonchev–Trinajstić information content (AvgIpc) is 3.43. The topological polar surface area (TPSA) is 6.48 Å². The van der Waals surface area contributed by atoms with Crippen molar-refractivity contribution in [2.24, 2.45) is 0 Å². The maximum absolute atomic E-state index is 2.48. The molecule has 1 aliphatic rings. The van der Waals surface area contributed by atoms with Crippen LogP contribution < -0.4 is 9.80 Å². The van der Waals surface area contributed by atoms with Gasteiger partial charge in [-0.25, -0.2) is 0 Å². The van der Waals surface area contributed by atoms with E-state index < -0.39 is 0 Å². The number of hydrogen-bond acceptors (Lipinski definition) is 2. The molecule has 68 heavy (non-hydrogen) atoms. The number of nitrogens with zero attached hydrogens (tertiary/aromatic N) is 2. The van der Waals surface area contributed by atoms with Crippen LogP contribution in [0.15, 0.2) is 285 Å². The fourth-order valence-electron chi connectivity index (χ4n) is 9.51. The molecule has 0 bridgehead atoms. The fourth-order valence-corrected chi connectivity index (χ4v) is 9.51. The van der Waals surface area contributed by atoms with Crippen molar-refractivity contribution in [2.45, 2.75) is 12.5 Å². The molecule has 11 rings (SSSR count). The largest absolute Gasteiger partial charge is 0.334 e. The van der Waals surface area contributed by atoms with Gasteiger partial charge in [0.25, 0.3) is 0 Å². The van der Waals surface area contributed by atoms with E-state index in [4.69, 9.17) is 0 Å². The van der Waals surface area contributed by atoms with Crippen molar-refractivity contribution in [3.63, 3.8) is 0 Å². The third kappa shape index (κ3) is 8.96. The Balaban J connectivity index is 0.898. The summed E-state index contributed by atoms with van der Waals surface area (Å²) in [6.07, 6.45) is 7.93. The Kier molecular flexibility index (Phi) is 12.0. The second-order valence-electron chi connectivity index (χ2n) is 17.3. The van der Waals surface area contributed by atoms with E-state index in [0.29, 0.717) is 0 Å². The summed E-state index contributed by atoms with van der Waals surface area (Å²) in [5.74, 6) is 0. The lowest BCUT2D eigenvalue weighted by atomic mass is 9.93. The van der Waals surface area contributed by atoms with Crippen molar-refractivity contribution >= 4 is 34.0 Å². The van der Waals surface area contributed by atoms with Gasteiger partial charge in [-0.2, -0.15) is 0 Å². The second kappa shape index (κ2) is 19.4. The van der Waals surface area contributed by atoms with Crippen LogP contribution in [0.1, 0.15) is 12.0 Å². The lowest BCUT2D eigenvalue weighted by Crippen LogP contribution is -2.30. The minimum atomic E-state index is 0.157. The van der Waals surface area contributed by atoms with Crippen molar-refractivity contribution < 1.29 is 0 Å². The van der Waals surface area contributed by atoms with Gasteiger partial charge >= 0.3 is 0 Å². The van der Waals surface area contributed by atoms with Crippen molar-refractivity contribution in [3.8, 4) is 55.6 Å². The molecule has 1 atom stereocenters. The van der Waals surface area contributed by atoms with Crippen LogP contribution in [-0.2, 0) is 0 Å². The Morgan fingerprint density at radius 2 is 0.559 bits per heavy atom. The zero-order valence-corrected chi connectivity index (χ0v) is 37.8. The summed E-state index contributed by atoms with van der Waals surface area (Å²) in [7, 11) is 0. The number of rotatable bonds is 12. The Morgan fingerprint density at radius 1 is 0.265 bits per heavy atom. The van der Waals surface area contributed by atoms with Crippen molar-refractivity contribution in [1.82, 2.24) is 0 Å². The highest BCUT2D eigenvalue weighted by atomic mass is 15.2. The monoisotopic (exact) mass is 870 g/mol. The van der Waals surface area contributed by atoms with E-state index in [-0.39, 0.29) is 6.04 Å². The highest BCUT2D eigenvalue weighted by molar-refractivity contribution is 5.87. The van der Waals surface area contributed by atoms with Crippen molar-refractivity contribution in [3.05, 3.63) is 291 Å². The van der Waals surface area contributed by atoms with Gasteiger partial charge in [0.05, 0.1) is 6.04 Å². The van der Waals surface area contributed by atoms with Crippen LogP contribution in [0.3, 0.4) is 0 Å². The van der Waals surface area contributed by atoms with Crippen molar-refractivity contribution in [1.29, 1.82) is 0 Å². The summed E-state index contributed by atoms with van der Waals surface area (Å²) < 4.78 is 0. The molecule has 0 saturated heterocycles.